The first kappa shape index (κ1) is 19.5. The van der Waals surface area contributed by atoms with E-state index in [0.717, 1.165) is 16.8 Å². The maximum Gasteiger partial charge on any atom is 0.343 e. The summed E-state index contributed by atoms with van der Waals surface area (Å²) in [6.07, 6.45) is 2.15. The van der Waals surface area contributed by atoms with Gasteiger partial charge in [0.05, 0.1) is 5.71 Å². The van der Waals surface area contributed by atoms with Gasteiger partial charge in [-0.25, -0.2) is 4.79 Å². The van der Waals surface area contributed by atoms with Gasteiger partial charge in [-0.15, -0.1) is 0 Å². The number of nitrogens with zero attached hydrogens (tertiary/aromatic N) is 1. The van der Waals surface area contributed by atoms with Crippen LogP contribution in [0.5, 0.6) is 0 Å². The Morgan fingerprint density at radius 2 is 1.90 bits per heavy atom. The second kappa shape index (κ2) is 7.91. The maximum atomic E-state index is 12.6. The summed E-state index contributed by atoms with van der Waals surface area (Å²) in [5.41, 5.74) is 2.69. The third-order valence-corrected chi connectivity index (χ3v) is 5.76. The molecule has 4 rings (SSSR count). The van der Waals surface area contributed by atoms with E-state index in [1.165, 1.54) is 0 Å². The van der Waals surface area contributed by atoms with Gasteiger partial charge in [0.25, 0.3) is 0 Å². The predicted octanol–water partition coefficient (Wildman–Crippen LogP) is 5.36. The van der Waals surface area contributed by atoms with Crippen LogP contribution in [0, 0.1) is 6.92 Å². The Balaban J connectivity index is 1.47. The van der Waals surface area contributed by atoms with Gasteiger partial charge < -0.3 is 14.7 Å². The number of carbonyl (C=O) groups excluding carboxylic acids is 1. The standard InChI is InChI=1S/C23H22ClNO4/c1-15-13-17(24)7-8-19(15)20-21(26)23(29-22(20)27)11-9-18(10-12-23)25-28-14-16-5-3-2-4-6-16/h2-8,13,26H,9-12,14H2,1H3. The normalized spacial score (nSPS) is 21.4. The van der Waals surface area contributed by atoms with Gasteiger partial charge in [-0.3, -0.25) is 0 Å². The number of aliphatic hydroxyl groups excluding tert-OH is 1. The minimum atomic E-state index is -0.975. The van der Waals surface area contributed by atoms with E-state index in [9.17, 15) is 9.90 Å². The van der Waals surface area contributed by atoms with Gasteiger partial charge in [-0.05, 0) is 61.4 Å². The van der Waals surface area contributed by atoms with E-state index < -0.39 is 11.6 Å². The number of halogens is 1. The summed E-state index contributed by atoms with van der Waals surface area (Å²) in [4.78, 5) is 18.0. The number of esters is 1. The lowest BCUT2D eigenvalue weighted by atomic mass is 9.81. The highest BCUT2D eigenvalue weighted by Gasteiger charge is 2.50. The molecule has 1 spiro atoms. The molecule has 6 heteroatoms. The highest BCUT2D eigenvalue weighted by Crippen LogP contribution is 2.45. The largest absolute Gasteiger partial charge is 0.507 e. The monoisotopic (exact) mass is 411 g/mol. The molecule has 1 fully saturated rings. The van der Waals surface area contributed by atoms with Crippen LogP contribution in [-0.4, -0.2) is 22.4 Å². The number of aryl methyl sites for hydroxylation is 1. The molecule has 150 valence electrons. The van der Waals surface area contributed by atoms with Gasteiger partial charge in [0.2, 0.25) is 0 Å². The zero-order valence-electron chi connectivity index (χ0n) is 16.2. The van der Waals surface area contributed by atoms with E-state index in [0.29, 0.717) is 42.9 Å². The zero-order chi connectivity index (χ0) is 20.4. The summed E-state index contributed by atoms with van der Waals surface area (Å²) < 4.78 is 5.68. The molecule has 0 atom stereocenters. The number of hydrogen-bond donors (Lipinski definition) is 1. The Labute approximate surface area is 174 Å². The second-order valence-electron chi connectivity index (χ2n) is 7.48. The maximum absolute atomic E-state index is 12.6. The minimum absolute atomic E-state index is 0.0113. The molecule has 0 saturated heterocycles. The molecule has 2 aliphatic rings. The third-order valence-electron chi connectivity index (χ3n) is 5.52. The molecule has 2 aromatic carbocycles. The highest BCUT2D eigenvalue weighted by molar-refractivity contribution is 6.31. The van der Waals surface area contributed by atoms with Gasteiger partial charge in [0, 0.05) is 5.02 Å². The lowest BCUT2D eigenvalue weighted by Crippen LogP contribution is -2.37. The van der Waals surface area contributed by atoms with E-state index >= 15 is 0 Å². The van der Waals surface area contributed by atoms with Crippen LogP contribution in [0.15, 0.2) is 59.4 Å². The van der Waals surface area contributed by atoms with Gasteiger partial charge in [0.1, 0.15) is 12.2 Å². The summed E-state index contributed by atoms with van der Waals surface area (Å²) >= 11 is 6.02. The fourth-order valence-electron chi connectivity index (χ4n) is 3.89. The van der Waals surface area contributed by atoms with Crippen molar-refractivity contribution in [3.8, 4) is 0 Å². The summed E-state index contributed by atoms with van der Waals surface area (Å²) in [6, 6.07) is 15.1. The number of aliphatic hydroxyl groups is 1. The minimum Gasteiger partial charge on any atom is -0.507 e. The SMILES string of the molecule is Cc1cc(Cl)ccc1C1=C(O)C2(CCC(=NOCc3ccccc3)CC2)OC1=O. The molecule has 1 N–H and O–H groups in total. The van der Waals surface area contributed by atoms with E-state index in [1.54, 1.807) is 18.2 Å². The Bertz CT molecular complexity index is 987. The average molecular weight is 412 g/mol. The molecular formula is C23H22ClNO4. The summed E-state index contributed by atoms with van der Waals surface area (Å²) in [6.45, 7) is 2.27. The van der Waals surface area contributed by atoms with Crippen LogP contribution in [0.25, 0.3) is 5.57 Å². The topological polar surface area (TPSA) is 68.1 Å². The van der Waals surface area contributed by atoms with Crippen molar-refractivity contribution >= 4 is 28.9 Å². The molecule has 1 saturated carbocycles. The van der Waals surface area contributed by atoms with Crippen molar-refractivity contribution in [3.05, 3.63) is 76.0 Å². The smallest absolute Gasteiger partial charge is 0.343 e. The zero-order valence-corrected chi connectivity index (χ0v) is 16.9. The first-order chi connectivity index (χ1) is 14.0. The summed E-state index contributed by atoms with van der Waals surface area (Å²) in [7, 11) is 0. The first-order valence-electron chi connectivity index (χ1n) is 9.64. The molecular weight excluding hydrogens is 390 g/mol. The quantitative estimate of drug-likeness (QED) is 0.543. The predicted molar refractivity (Wildman–Crippen MR) is 112 cm³/mol. The molecule has 0 aromatic heterocycles. The van der Waals surface area contributed by atoms with Gasteiger partial charge in [-0.1, -0.05) is 53.2 Å². The van der Waals surface area contributed by atoms with Crippen LogP contribution in [-0.2, 0) is 21.0 Å². The average Bonchev–Trinajstić information content (AvgIpc) is 2.94. The number of rotatable bonds is 4. The van der Waals surface area contributed by atoms with Crippen LogP contribution < -0.4 is 0 Å². The van der Waals surface area contributed by atoms with Crippen molar-refractivity contribution in [3.63, 3.8) is 0 Å². The van der Waals surface area contributed by atoms with Gasteiger partial charge >= 0.3 is 5.97 Å². The fraction of sp³-hybridized carbons (Fsp3) is 0.304. The molecule has 1 aliphatic heterocycles. The number of ether oxygens (including phenoxy) is 1. The molecule has 0 unspecified atom stereocenters. The van der Waals surface area contributed by atoms with Crippen LogP contribution in [0.2, 0.25) is 5.02 Å². The van der Waals surface area contributed by atoms with Crippen molar-refractivity contribution in [2.75, 3.05) is 0 Å². The Morgan fingerprint density at radius 3 is 2.59 bits per heavy atom. The van der Waals surface area contributed by atoms with Crippen LogP contribution in [0.3, 0.4) is 0 Å². The Hall–Kier alpha value is -2.79. The lowest BCUT2D eigenvalue weighted by Gasteiger charge is -2.32. The molecule has 1 aliphatic carbocycles. The fourth-order valence-corrected chi connectivity index (χ4v) is 4.12. The second-order valence-corrected chi connectivity index (χ2v) is 7.92. The van der Waals surface area contributed by atoms with Crippen molar-refractivity contribution in [1.29, 1.82) is 0 Å². The van der Waals surface area contributed by atoms with Crippen molar-refractivity contribution in [2.24, 2.45) is 5.16 Å². The Morgan fingerprint density at radius 1 is 1.17 bits per heavy atom. The van der Waals surface area contributed by atoms with E-state index in [4.69, 9.17) is 21.2 Å². The molecule has 29 heavy (non-hydrogen) atoms. The third kappa shape index (κ3) is 3.87. The molecule has 1 heterocycles. The number of hydrogen-bond acceptors (Lipinski definition) is 5. The van der Waals surface area contributed by atoms with Crippen molar-refractivity contribution in [1.82, 2.24) is 0 Å². The number of carbonyl (C=O) groups is 1. The molecule has 2 aromatic rings. The van der Waals surface area contributed by atoms with Crippen LogP contribution in [0.1, 0.15) is 42.4 Å². The van der Waals surface area contributed by atoms with Crippen molar-refractivity contribution in [2.45, 2.75) is 44.8 Å². The van der Waals surface area contributed by atoms with Crippen LogP contribution >= 0.6 is 11.6 Å². The number of benzene rings is 2. The lowest BCUT2D eigenvalue weighted by molar-refractivity contribution is -0.148. The van der Waals surface area contributed by atoms with Crippen molar-refractivity contribution < 1.29 is 19.5 Å². The van der Waals surface area contributed by atoms with Crippen LogP contribution in [0.4, 0.5) is 0 Å². The van der Waals surface area contributed by atoms with Gasteiger partial charge in [0.15, 0.2) is 11.4 Å². The summed E-state index contributed by atoms with van der Waals surface area (Å²) in [5, 5.41) is 15.7. The molecule has 0 bridgehead atoms. The van der Waals surface area contributed by atoms with Gasteiger partial charge in [-0.2, -0.15) is 0 Å². The molecule has 0 radical (unpaired) electrons. The van der Waals surface area contributed by atoms with E-state index in [1.807, 2.05) is 37.3 Å². The number of oxime groups is 1. The van der Waals surface area contributed by atoms with E-state index in [-0.39, 0.29) is 11.3 Å². The molecule has 5 nitrogen and oxygen atoms in total. The first-order valence-corrected chi connectivity index (χ1v) is 10.0. The molecule has 0 amide bonds. The summed E-state index contributed by atoms with van der Waals surface area (Å²) in [5.74, 6) is -0.481. The van der Waals surface area contributed by atoms with E-state index in [2.05, 4.69) is 5.16 Å². The Kier molecular flexibility index (Phi) is 5.33. The highest BCUT2D eigenvalue weighted by atomic mass is 35.5.